The van der Waals surface area contributed by atoms with Crippen LogP contribution in [0.1, 0.15) is 16.7 Å². The number of allylic oxidation sites excluding steroid dienone is 1. The van der Waals surface area contributed by atoms with Gasteiger partial charge in [0, 0.05) is 5.02 Å². The predicted octanol–water partition coefficient (Wildman–Crippen LogP) is 4.71. The molecule has 1 nitrogen and oxygen atoms in total. The summed E-state index contributed by atoms with van der Waals surface area (Å²) in [5, 5.41) is 9.95. The number of aryl methyl sites for hydroxylation is 1. The van der Waals surface area contributed by atoms with E-state index in [1.807, 2.05) is 61.5 Å². The van der Waals surface area contributed by atoms with Gasteiger partial charge in [0.25, 0.3) is 0 Å². The minimum absolute atomic E-state index is 0.626. The Bertz CT molecular complexity index is 636. The van der Waals surface area contributed by atoms with E-state index in [1.165, 1.54) is 0 Å². The molecule has 0 N–H and O–H groups in total. The molecule has 0 saturated carbocycles. The largest absolute Gasteiger partial charge is 0.192 e. The summed E-state index contributed by atoms with van der Waals surface area (Å²) in [4.78, 5) is 0. The highest BCUT2D eigenvalue weighted by Crippen LogP contribution is 2.24. The Labute approximate surface area is 112 Å². The molecule has 0 aliphatic carbocycles. The third-order valence-corrected chi connectivity index (χ3v) is 3.10. The molecule has 0 spiro atoms. The Morgan fingerprint density at radius 3 is 2.44 bits per heavy atom. The molecule has 0 bridgehead atoms. The summed E-state index contributed by atoms with van der Waals surface area (Å²) in [6.07, 6.45) is 1.82. The second-order valence-corrected chi connectivity index (χ2v) is 4.41. The van der Waals surface area contributed by atoms with Crippen LogP contribution in [0.2, 0.25) is 5.02 Å². The molecule has 0 amide bonds. The highest BCUT2D eigenvalue weighted by atomic mass is 35.5. The van der Waals surface area contributed by atoms with Gasteiger partial charge in [0.2, 0.25) is 0 Å². The Balaban J connectivity index is 2.52. The molecule has 2 heteroatoms. The summed E-state index contributed by atoms with van der Waals surface area (Å²) in [5.41, 5.74) is 3.51. The monoisotopic (exact) mass is 253 g/mol. The highest BCUT2D eigenvalue weighted by Gasteiger charge is 2.05. The van der Waals surface area contributed by atoms with E-state index in [1.54, 1.807) is 0 Å². The topological polar surface area (TPSA) is 23.8 Å². The molecule has 0 unspecified atom stereocenters. The van der Waals surface area contributed by atoms with Gasteiger partial charge < -0.3 is 0 Å². The maximum atomic E-state index is 9.29. The van der Waals surface area contributed by atoms with Gasteiger partial charge >= 0.3 is 0 Å². The number of nitrogens with zero attached hydrogens (tertiary/aromatic N) is 1. The van der Waals surface area contributed by atoms with Gasteiger partial charge in [-0.05, 0) is 35.8 Å². The van der Waals surface area contributed by atoms with Crippen molar-refractivity contribution in [2.75, 3.05) is 0 Å². The summed E-state index contributed by atoms with van der Waals surface area (Å²) in [7, 11) is 0. The predicted molar refractivity (Wildman–Crippen MR) is 76.1 cm³/mol. The Hall–Kier alpha value is -2.04. The average Bonchev–Trinajstić information content (AvgIpc) is 2.39. The maximum Gasteiger partial charge on any atom is 0.0998 e. The minimum atomic E-state index is 0.626. The number of hydrogen-bond donors (Lipinski definition) is 0. The van der Waals surface area contributed by atoms with Crippen molar-refractivity contribution in [1.29, 1.82) is 5.26 Å². The number of halogens is 1. The fraction of sp³-hybridized carbons (Fsp3) is 0.0625. The highest BCUT2D eigenvalue weighted by molar-refractivity contribution is 6.32. The lowest BCUT2D eigenvalue weighted by Gasteiger charge is -2.04. The summed E-state index contributed by atoms with van der Waals surface area (Å²) in [6.45, 7) is 1.99. The van der Waals surface area contributed by atoms with Crippen LogP contribution in [0.15, 0.2) is 48.5 Å². The van der Waals surface area contributed by atoms with Crippen LogP contribution in [0.25, 0.3) is 11.6 Å². The van der Waals surface area contributed by atoms with Crippen LogP contribution in [0.5, 0.6) is 0 Å². The van der Waals surface area contributed by atoms with Crippen molar-refractivity contribution in [2.24, 2.45) is 0 Å². The zero-order valence-corrected chi connectivity index (χ0v) is 10.8. The lowest BCUT2D eigenvalue weighted by atomic mass is 9.99. The first-order valence-electron chi connectivity index (χ1n) is 5.64. The molecule has 18 heavy (non-hydrogen) atoms. The van der Waals surface area contributed by atoms with Gasteiger partial charge in [-0.15, -0.1) is 0 Å². The van der Waals surface area contributed by atoms with Crippen LogP contribution in [-0.4, -0.2) is 0 Å². The quantitative estimate of drug-likeness (QED) is 0.562. The van der Waals surface area contributed by atoms with Crippen molar-refractivity contribution in [1.82, 2.24) is 0 Å². The summed E-state index contributed by atoms with van der Waals surface area (Å²) >= 11 is 6.10. The first-order valence-corrected chi connectivity index (χ1v) is 6.02. The summed E-state index contributed by atoms with van der Waals surface area (Å²) in [6, 6.07) is 17.6. The van der Waals surface area contributed by atoms with E-state index in [9.17, 15) is 5.26 Å². The normalized spacial score (nSPS) is 11.1. The molecule has 2 rings (SSSR count). The molecule has 2 aromatic carbocycles. The average molecular weight is 254 g/mol. The van der Waals surface area contributed by atoms with Crippen molar-refractivity contribution in [3.63, 3.8) is 0 Å². The minimum Gasteiger partial charge on any atom is -0.192 e. The molecule has 0 radical (unpaired) electrons. The van der Waals surface area contributed by atoms with E-state index in [0.29, 0.717) is 10.6 Å². The first-order chi connectivity index (χ1) is 8.72. The number of hydrogen-bond acceptors (Lipinski definition) is 1. The van der Waals surface area contributed by atoms with Crippen molar-refractivity contribution < 1.29 is 0 Å². The molecular formula is C16H12ClN. The van der Waals surface area contributed by atoms with Crippen LogP contribution < -0.4 is 0 Å². The number of benzene rings is 2. The summed E-state index contributed by atoms with van der Waals surface area (Å²) < 4.78 is 0. The fourth-order valence-corrected chi connectivity index (χ4v) is 1.98. The molecule has 0 aliphatic rings. The molecule has 88 valence electrons. The molecule has 0 atom stereocenters. The zero-order chi connectivity index (χ0) is 13.0. The van der Waals surface area contributed by atoms with E-state index in [2.05, 4.69) is 6.07 Å². The van der Waals surface area contributed by atoms with Gasteiger partial charge in [-0.25, -0.2) is 0 Å². The van der Waals surface area contributed by atoms with Crippen LogP contribution in [0, 0.1) is 18.3 Å². The van der Waals surface area contributed by atoms with Gasteiger partial charge in [-0.2, -0.15) is 5.26 Å². The van der Waals surface area contributed by atoms with Gasteiger partial charge in [0.15, 0.2) is 0 Å². The standard InChI is InChI=1S/C16H12ClN/c1-12-6-2-4-8-15(12)14(11-18)10-13-7-3-5-9-16(13)17/h2-10H,1H3/b14-10+. The lowest BCUT2D eigenvalue weighted by molar-refractivity contribution is 1.42. The van der Waals surface area contributed by atoms with Crippen molar-refractivity contribution in [3.05, 3.63) is 70.2 Å². The molecule has 0 aromatic heterocycles. The summed E-state index contributed by atoms with van der Waals surface area (Å²) in [5.74, 6) is 0. The number of rotatable bonds is 2. The van der Waals surface area contributed by atoms with Gasteiger partial charge in [-0.3, -0.25) is 0 Å². The van der Waals surface area contributed by atoms with Crippen LogP contribution in [0.4, 0.5) is 0 Å². The second kappa shape index (κ2) is 5.53. The van der Waals surface area contributed by atoms with Gasteiger partial charge in [0.1, 0.15) is 0 Å². The van der Waals surface area contributed by atoms with E-state index in [0.717, 1.165) is 16.7 Å². The fourth-order valence-electron chi connectivity index (χ4n) is 1.79. The Kier molecular flexibility index (Phi) is 3.82. The smallest absolute Gasteiger partial charge is 0.0998 e. The maximum absolute atomic E-state index is 9.29. The van der Waals surface area contributed by atoms with E-state index in [-0.39, 0.29) is 0 Å². The lowest BCUT2D eigenvalue weighted by Crippen LogP contribution is -1.86. The van der Waals surface area contributed by atoms with Crippen LogP contribution >= 0.6 is 11.6 Å². The van der Waals surface area contributed by atoms with E-state index < -0.39 is 0 Å². The van der Waals surface area contributed by atoms with Crippen molar-refractivity contribution >= 4 is 23.3 Å². The SMILES string of the molecule is Cc1ccccc1/C(C#N)=C/c1ccccc1Cl. The van der Waals surface area contributed by atoms with E-state index >= 15 is 0 Å². The Morgan fingerprint density at radius 1 is 1.11 bits per heavy atom. The Morgan fingerprint density at radius 2 is 1.78 bits per heavy atom. The van der Waals surface area contributed by atoms with Crippen molar-refractivity contribution in [3.8, 4) is 6.07 Å². The third-order valence-electron chi connectivity index (χ3n) is 2.76. The van der Waals surface area contributed by atoms with Crippen molar-refractivity contribution in [2.45, 2.75) is 6.92 Å². The molecule has 0 aliphatic heterocycles. The first kappa shape index (κ1) is 12.4. The van der Waals surface area contributed by atoms with Gasteiger partial charge in [-0.1, -0.05) is 54.1 Å². The third kappa shape index (κ3) is 2.61. The molecule has 0 heterocycles. The van der Waals surface area contributed by atoms with Crippen LogP contribution in [-0.2, 0) is 0 Å². The van der Waals surface area contributed by atoms with Crippen LogP contribution in [0.3, 0.4) is 0 Å². The second-order valence-electron chi connectivity index (χ2n) is 4.01. The molecule has 2 aromatic rings. The van der Waals surface area contributed by atoms with Gasteiger partial charge in [0.05, 0.1) is 11.6 Å². The molecule has 0 saturated heterocycles. The number of nitriles is 1. The van der Waals surface area contributed by atoms with E-state index in [4.69, 9.17) is 11.6 Å². The molecular weight excluding hydrogens is 242 g/mol. The zero-order valence-electron chi connectivity index (χ0n) is 10.0. The molecule has 0 fully saturated rings.